The van der Waals surface area contributed by atoms with Gasteiger partial charge in [-0.3, -0.25) is 0 Å². The van der Waals surface area contributed by atoms with Crippen LogP contribution in [0.5, 0.6) is 0 Å². The summed E-state index contributed by atoms with van der Waals surface area (Å²) >= 11 is 0. The van der Waals surface area contributed by atoms with Crippen LogP contribution >= 0.6 is 0 Å². The summed E-state index contributed by atoms with van der Waals surface area (Å²) in [4.78, 5) is 0.759. The average molecular weight is 229 g/mol. The van der Waals surface area contributed by atoms with Crippen molar-refractivity contribution in [2.75, 3.05) is 6.54 Å². The minimum absolute atomic E-state index is 0. The summed E-state index contributed by atoms with van der Waals surface area (Å²) in [6.07, 6.45) is 2.01. The molecule has 0 amide bonds. The molecule has 2 rings (SSSR count). The van der Waals surface area contributed by atoms with Gasteiger partial charge in [-0.25, -0.2) is 8.57 Å². The van der Waals surface area contributed by atoms with E-state index in [1.807, 2.05) is 38.1 Å². The Morgan fingerprint density at radius 1 is 1.44 bits per heavy atom. The van der Waals surface area contributed by atoms with Crippen LogP contribution in [0, 0.1) is 6.07 Å². The maximum absolute atomic E-state index is 12.9. The number of nitrogens with zero attached hydrogens (tertiary/aromatic N) is 1. The molecule has 0 saturated heterocycles. The maximum Gasteiger partial charge on any atom is 1.00 e. The van der Waals surface area contributed by atoms with E-state index in [1.165, 1.54) is 0 Å². The summed E-state index contributed by atoms with van der Waals surface area (Å²) < 4.78 is 17.0. The fourth-order valence-corrected chi connectivity index (χ4v) is 4.31. The molecule has 1 aromatic carbocycles. The number of benzene rings is 1. The van der Waals surface area contributed by atoms with Crippen molar-refractivity contribution in [2.45, 2.75) is 36.3 Å². The van der Waals surface area contributed by atoms with Crippen molar-refractivity contribution >= 4 is 9.73 Å². The molecule has 0 aliphatic carbocycles. The van der Waals surface area contributed by atoms with E-state index in [2.05, 4.69) is 10.4 Å². The largest absolute Gasteiger partial charge is 1.00 e. The van der Waals surface area contributed by atoms with Gasteiger partial charge >= 0.3 is 18.9 Å². The first-order valence-electron chi connectivity index (χ1n) is 5.25. The normalized spacial score (nSPS) is 27.6. The van der Waals surface area contributed by atoms with Crippen molar-refractivity contribution in [3.05, 3.63) is 30.3 Å². The molecule has 0 unspecified atom stereocenters. The fraction of sp³-hybridized carbons (Fsp3) is 0.500. The molecule has 82 valence electrons. The van der Waals surface area contributed by atoms with Crippen LogP contribution in [0.4, 0.5) is 0 Å². The van der Waals surface area contributed by atoms with Crippen molar-refractivity contribution < 1.29 is 23.1 Å². The second kappa shape index (κ2) is 4.96. The van der Waals surface area contributed by atoms with Crippen molar-refractivity contribution in [3.8, 4) is 0 Å². The summed E-state index contributed by atoms with van der Waals surface area (Å²) in [5, 5.41) is 0. The Bertz CT molecular complexity index is 461. The summed E-state index contributed by atoms with van der Waals surface area (Å²) in [6.45, 7) is 4.79. The Balaban J connectivity index is 0.00000128. The molecular formula is C12H16LiNOS. The smallest absolute Gasteiger partial charge is 0.246 e. The number of hydrogen-bond donors (Lipinski definition) is 0. The van der Waals surface area contributed by atoms with Crippen LogP contribution in [0.15, 0.2) is 33.5 Å². The molecular weight excluding hydrogens is 213 g/mol. The Hall–Kier alpha value is -0.233. The quantitative estimate of drug-likeness (QED) is 0.488. The van der Waals surface area contributed by atoms with Gasteiger partial charge in [-0.15, -0.1) is 0 Å². The summed E-state index contributed by atoms with van der Waals surface area (Å²) in [6, 6.07) is 10.5. The molecule has 1 atom stereocenters. The van der Waals surface area contributed by atoms with Crippen LogP contribution in [0.3, 0.4) is 0 Å². The van der Waals surface area contributed by atoms with Gasteiger partial charge in [0.15, 0.2) is 0 Å². The van der Waals surface area contributed by atoms with Gasteiger partial charge in [-0.05, 0) is 26.7 Å². The van der Waals surface area contributed by atoms with Crippen molar-refractivity contribution in [3.63, 3.8) is 0 Å². The van der Waals surface area contributed by atoms with Crippen molar-refractivity contribution in [1.82, 2.24) is 0 Å². The van der Waals surface area contributed by atoms with E-state index in [-0.39, 0.29) is 23.6 Å². The number of rotatable bonds is 1. The van der Waals surface area contributed by atoms with Gasteiger partial charge in [0, 0.05) is 6.54 Å². The van der Waals surface area contributed by atoms with E-state index in [4.69, 9.17) is 0 Å². The molecule has 0 saturated carbocycles. The SMILES string of the molecule is CC1(C)CCCN=[S@@]1(=O)c1[c-]cccc1.[Li+]. The molecule has 2 nitrogen and oxygen atoms in total. The molecule has 4 heteroatoms. The maximum atomic E-state index is 12.9. The van der Waals surface area contributed by atoms with Gasteiger partial charge in [0.2, 0.25) is 0 Å². The molecule has 0 fully saturated rings. The van der Waals surface area contributed by atoms with Gasteiger partial charge < -0.3 is 0 Å². The van der Waals surface area contributed by atoms with Crippen LogP contribution < -0.4 is 18.9 Å². The standard InChI is InChI=1S/C12H16NOS.Li/c1-12(2)9-6-10-13-15(12,14)11-7-4-3-5-8-11;/h3-5,7H,6,9-10H2,1-2H3;/q-1;+1/t15-;/m1./s1. The van der Waals surface area contributed by atoms with E-state index in [9.17, 15) is 4.21 Å². The topological polar surface area (TPSA) is 29.4 Å². The van der Waals surface area contributed by atoms with Gasteiger partial charge in [0.1, 0.15) is 0 Å². The molecule has 0 aromatic heterocycles. The third kappa shape index (κ3) is 2.22. The van der Waals surface area contributed by atoms with E-state index in [1.54, 1.807) is 0 Å². The van der Waals surface area contributed by atoms with Crippen LogP contribution in [0.1, 0.15) is 26.7 Å². The Kier molecular flexibility index (Phi) is 4.28. The van der Waals surface area contributed by atoms with Gasteiger partial charge in [0.25, 0.3) is 0 Å². The van der Waals surface area contributed by atoms with Crippen LogP contribution in [-0.4, -0.2) is 15.5 Å². The van der Waals surface area contributed by atoms with Crippen molar-refractivity contribution in [1.29, 1.82) is 0 Å². The average Bonchev–Trinajstić information content (AvgIpc) is 2.24. The Morgan fingerprint density at radius 2 is 2.19 bits per heavy atom. The van der Waals surface area contributed by atoms with E-state index < -0.39 is 9.73 Å². The van der Waals surface area contributed by atoms with E-state index in [0.29, 0.717) is 6.54 Å². The van der Waals surface area contributed by atoms with Gasteiger partial charge in [-0.2, -0.15) is 30.3 Å². The fourth-order valence-electron chi connectivity index (χ4n) is 1.93. The van der Waals surface area contributed by atoms with Gasteiger partial charge in [0.05, 0.1) is 14.5 Å². The summed E-state index contributed by atoms with van der Waals surface area (Å²) in [5.41, 5.74) is 0. The van der Waals surface area contributed by atoms with Gasteiger partial charge in [-0.1, -0.05) is 4.90 Å². The molecule has 0 bridgehead atoms. The summed E-state index contributed by atoms with van der Waals surface area (Å²) in [7, 11) is -2.28. The first-order chi connectivity index (χ1) is 7.06. The predicted molar refractivity (Wildman–Crippen MR) is 62.3 cm³/mol. The van der Waals surface area contributed by atoms with Crippen LogP contribution in [-0.2, 0) is 9.73 Å². The zero-order chi connectivity index (χ0) is 10.9. The molecule has 0 radical (unpaired) electrons. The minimum Gasteiger partial charge on any atom is -0.246 e. The molecule has 0 spiro atoms. The summed E-state index contributed by atoms with van der Waals surface area (Å²) in [5.74, 6) is 0. The monoisotopic (exact) mass is 229 g/mol. The van der Waals surface area contributed by atoms with E-state index in [0.717, 1.165) is 17.7 Å². The second-order valence-electron chi connectivity index (χ2n) is 4.47. The van der Waals surface area contributed by atoms with Crippen LogP contribution in [0.2, 0.25) is 0 Å². The minimum atomic E-state index is -2.28. The molecule has 0 N–H and O–H groups in total. The first-order valence-corrected chi connectivity index (χ1v) is 6.77. The van der Waals surface area contributed by atoms with Crippen molar-refractivity contribution in [2.24, 2.45) is 4.36 Å². The Morgan fingerprint density at radius 3 is 2.75 bits per heavy atom. The third-order valence-corrected chi connectivity index (χ3v) is 6.04. The van der Waals surface area contributed by atoms with Crippen LogP contribution in [0.25, 0.3) is 0 Å². The molecule has 1 aromatic rings. The zero-order valence-electron chi connectivity index (χ0n) is 10.2. The Labute approximate surface area is 110 Å². The molecule has 16 heavy (non-hydrogen) atoms. The first kappa shape index (κ1) is 13.8. The second-order valence-corrected chi connectivity index (χ2v) is 7.32. The third-order valence-electron chi connectivity index (χ3n) is 2.94. The molecule has 1 aliphatic heterocycles. The predicted octanol–water partition coefficient (Wildman–Crippen LogP) is -0.110. The molecule has 1 aliphatic rings. The van der Waals surface area contributed by atoms with E-state index >= 15 is 0 Å². The zero-order valence-corrected chi connectivity index (χ0v) is 11.0. The number of hydrogen-bond acceptors (Lipinski definition) is 2. The molecule has 1 heterocycles.